The van der Waals surface area contributed by atoms with E-state index in [2.05, 4.69) is 24.1 Å². The van der Waals surface area contributed by atoms with Gasteiger partial charge in [0.1, 0.15) is 0 Å². The van der Waals surface area contributed by atoms with Gasteiger partial charge in [-0.15, -0.1) is 0 Å². The SMILES string of the molecule is CCCNCCC(C)N1CCC(OC)C1. The maximum absolute atomic E-state index is 5.38. The van der Waals surface area contributed by atoms with Crippen molar-refractivity contribution in [2.24, 2.45) is 0 Å². The Hall–Kier alpha value is -0.120. The Morgan fingerprint density at radius 3 is 2.87 bits per heavy atom. The number of ether oxygens (including phenoxy) is 1. The molecular formula is C12H26N2O. The molecule has 0 spiro atoms. The van der Waals surface area contributed by atoms with Crippen LogP contribution in [0.1, 0.15) is 33.1 Å². The van der Waals surface area contributed by atoms with E-state index in [4.69, 9.17) is 4.74 Å². The second-order valence-corrected chi connectivity index (χ2v) is 4.53. The Labute approximate surface area is 94.2 Å². The summed E-state index contributed by atoms with van der Waals surface area (Å²) in [6, 6.07) is 0.689. The van der Waals surface area contributed by atoms with Gasteiger partial charge in [-0.3, -0.25) is 4.90 Å². The molecule has 1 heterocycles. The molecule has 0 aromatic rings. The molecule has 0 aliphatic carbocycles. The van der Waals surface area contributed by atoms with Crippen molar-refractivity contribution >= 4 is 0 Å². The Morgan fingerprint density at radius 2 is 2.27 bits per heavy atom. The van der Waals surface area contributed by atoms with Crippen LogP contribution < -0.4 is 5.32 Å². The average molecular weight is 214 g/mol. The molecule has 1 saturated heterocycles. The van der Waals surface area contributed by atoms with Crippen LogP contribution in [0.25, 0.3) is 0 Å². The van der Waals surface area contributed by atoms with Crippen molar-refractivity contribution < 1.29 is 4.74 Å². The summed E-state index contributed by atoms with van der Waals surface area (Å²) in [7, 11) is 1.82. The minimum absolute atomic E-state index is 0.469. The molecule has 0 saturated carbocycles. The highest BCUT2D eigenvalue weighted by Crippen LogP contribution is 2.16. The molecule has 0 radical (unpaired) electrons. The lowest BCUT2D eigenvalue weighted by molar-refractivity contribution is 0.101. The molecule has 0 aromatic heterocycles. The number of rotatable bonds is 7. The van der Waals surface area contributed by atoms with Gasteiger partial charge in [-0.25, -0.2) is 0 Å². The van der Waals surface area contributed by atoms with E-state index in [1.165, 1.54) is 25.8 Å². The predicted octanol–water partition coefficient (Wildman–Crippen LogP) is 1.49. The average Bonchev–Trinajstić information content (AvgIpc) is 2.72. The zero-order valence-electron chi connectivity index (χ0n) is 10.5. The lowest BCUT2D eigenvalue weighted by atomic mass is 10.2. The van der Waals surface area contributed by atoms with Crippen LogP contribution >= 0.6 is 0 Å². The minimum Gasteiger partial charge on any atom is -0.380 e. The van der Waals surface area contributed by atoms with Crippen molar-refractivity contribution in [1.29, 1.82) is 0 Å². The van der Waals surface area contributed by atoms with E-state index >= 15 is 0 Å². The number of nitrogens with zero attached hydrogens (tertiary/aromatic N) is 1. The second-order valence-electron chi connectivity index (χ2n) is 4.53. The highest BCUT2D eigenvalue weighted by atomic mass is 16.5. The van der Waals surface area contributed by atoms with Crippen LogP contribution in [-0.2, 0) is 4.74 Å². The predicted molar refractivity (Wildman–Crippen MR) is 64.2 cm³/mol. The van der Waals surface area contributed by atoms with Crippen molar-refractivity contribution in [2.45, 2.75) is 45.3 Å². The molecule has 1 aliphatic heterocycles. The molecule has 1 N–H and O–H groups in total. The van der Waals surface area contributed by atoms with Crippen LogP contribution in [0.3, 0.4) is 0 Å². The summed E-state index contributed by atoms with van der Waals surface area (Å²) in [5.74, 6) is 0. The number of methoxy groups -OCH3 is 1. The van der Waals surface area contributed by atoms with E-state index in [0.29, 0.717) is 12.1 Å². The number of hydrogen-bond acceptors (Lipinski definition) is 3. The van der Waals surface area contributed by atoms with Gasteiger partial charge in [0.05, 0.1) is 6.10 Å². The van der Waals surface area contributed by atoms with E-state index in [-0.39, 0.29) is 0 Å². The van der Waals surface area contributed by atoms with Crippen LogP contribution in [0.5, 0.6) is 0 Å². The summed E-state index contributed by atoms with van der Waals surface area (Å²) >= 11 is 0. The molecule has 3 heteroatoms. The van der Waals surface area contributed by atoms with Gasteiger partial charge >= 0.3 is 0 Å². The monoisotopic (exact) mass is 214 g/mol. The largest absolute Gasteiger partial charge is 0.380 e. The Morgan fingerprint density at radius 1 is 1.47 bits per heavy atom. The molecule has 0 amide bonds. The summed E-state index contributed by atoms with van der Waals surface area (Å²) in [5, 5.41) is 3.46. The highest BCUT2D eigenvalue weighted by Gasteiger charge is 2.25. The third-order valence-electron chi connectivity index (χ3n) is 3.30. The smallest absolute Gasteiger partial charge is 0.0710 e. The summed E-state index contributed by atoms with van der Waals surface area (Å²) < 4.78 is 5.38. The first kappa shape index (κ1) is 12.9. The van der Waals surface area contributed by atoms with E-state index in [0.717, 1.165) is 19.6 Å². The molecule has 3 nitrogen and oxygen atoms in total. The van der Waals surface area contributed by atoms with Gasteiger partial charge in [0.15, 0.2) is 0 Å². The van der Waals surface area contributed by atoms with Gasteiger partial charge < -0.3 is 10.1 Å². The van der Waals surface area contributed by atoms with Crippen molar-refractivity contribution in [3.05, 3.63) is 0 Å². The Balaban J connectivity index is 2.09. The third-order valence-corrected chi connectivity index (χ3v) is 3.30. The van der Waals surface area contributed by atoms with Gasteiger partial charge in [0, 0.05) is 26.2 Å². The number of hydrogen-bond donors (Lipinski definition) is 1. The fourth-order valence-corrected chi connectivity index (χ4v) is 2.14. The maximum atomic E-state index is 5.38. The van der Waals surface area contributed by atoms with E-state index in [1.54, 1.807) is 0 Å². The molecule has 90 valence electrons. The summed E-state index contributed by atoms with van der Waals surface area (Å²) in [4.78, 5) is 2.54. The fraction of sp³-hybridized carbons (Fsp3) is 1.00. The minimum atomic E-state index is 0.469. The first-order chi connectivity index (χ1) is 7.27. The quantitative estimate of drug-likeness (QED) is 0.650. The lowest BCUT2D eigenvalue weighted by Crippen LogP contribution is -2.34. The van der Waals surface area contributed by atoms with E-state index in [1.807, 2.05) is 7.11 Å². The van der Waals surface area contributed by atoms with Crippen molar-refractivity contribution in [2.75, 3.05) is 33.3 Å². The van der Waals surface area contributed by atoms with E-state index in [9.17, 15) is 0 Å². The summed E-state index contributed by atoms with van der Waals surface area (Å²) in [6.45, 7) is 9.14. The lowest BCUT2D eigenvalue weighted by Gasteiger charge is -2.24. The van der Waals surface area contributed by atoms with E-state index < -0.39 is 0 Å². The Bertz CT molecular complexity index is 164. The topological polar surface area (TPSA) is 24.5 Å². The first-order valence-corrected chi connectivity index (χ1v) is 6.25. The molecule has 1 fully saturated rings. The molecular weight excluding hydrogens is 188 g/mol. The summed E-state index contributed by atoms with van der Waals surface area (Å²) in [5.41, 5.74) is 0. The van der Waals surface area contributed by atoms with Gasteiger partial charge in [-0.1, -0.05) is 6.92 Å². The normalized spacial score (nSPS) is 24.6. The van der Waals surface area contributed by atoms with Crippen molar-refractivity contribution in [3.63, 3.8) is 0 Å². The van der Waals surface area contributed by atoms with Gasteiger partial charge in [0.25, 0.3) is 0 Å². The molecule has 2 atom stereocenters. The molecule has 0 bridgehead atoms. The molecule has 2 unspecified atom stereocenters. The van der Waals surface area contributed by atoms with Gasteiger partial charge in [0.2, 0.25) is 0 Å². The maximum Gasteiger partial charge on any atom is 0.0710 e. The molecule has 0 aromatic carbocycles. The molecule has 1 aliphatic rings. The standard InChI is InChI=1S/C12H26N2O/c1-4-7-13-8-5-11(2)14-9-6-12(10-14)15-3/h11-13H,4-10H2,1-3H3. The van der Waals surface area contributed by atoms with Crippen LogP contribution in [0.4, 0.5) is 0 Å². The fourth-order valence-electron chi connectivity index (χ4n) is 2.14. The van der Waals surface area contributed by atoms with Crippen molar-refractivity contribution in [3.8, 4) is 0 Å². The Kier molecular flexibility index (Phi) is 6.22. The van der Waals surface area contributed by atoms with Gasteiger partial charge in [-0.2, -0.15) is 0 Å². The zero-order valence-corrected chi connectivity index (χ0v) is 10.5. The van der Waals surface area contributed by atoms with Gasteiger partial charge in [-0.05, 0) is 39.3 Å². The van der Waals surface area contributed by atoms with Crippen LogP contribution in [0.15, 0.2) is 0 Å². The number of nitrogens with one attached hydrogen (secondary N) is 1. The number of likely N-dealkylation sites (tertiary alicyclic amines) is 1. The summed E-state index contributed by atoms with van der Waals surface area (Å²) in [6.07, 6.45) is 4.14. The second kappa shape index (κ2) is 7.20. The molecule has 15 heavy (non-hydrogen) atoms. The van der Waals surface area contributed by atoms with Crippen LogP contribution in [0.2, 0.25) is 0 Å². The first-order valence-electron chi connectivity index (χ1n) is 6.25. The van der Waals surface area contributed by atoms with Crippen LogP contribution in [-0.4, -0.2) is 50.3 Å². The highest BCUT2D eigenvalue weighted by molar-refractivity contribution is 4.80. The third kappa shape index (κ3) is 4.49. The van der Waals surface area contributed by atoms with Crippen LogP contribution in [0, 0.1) is 0 Å². The zero-order chi connectivity index (χ0) is 11.1. The van der Waals surface area contributed by atoms with Crippen molar-refractivity contribution in [1.82, 2.24) is 10.2 Å². The molecule has 1 rings (SSSR count).